The summed E-state index contributed by atoms with van der Waals surface area (Å²) in [5.41, 5.74) is 2.17. The van der Waals surface area contributed by atoms with Crippen LogP contribution in [0.1, 0.15) is 31.4 Å². The van der Waals surface area contributed by atoms with Crippen molar-refractivity contribution in [2.45, 2.75) is 37.1 Å². The van der Waals surface area contributed by atoms with Gasteiger partial charge in [-0.3, -0.25) is 4.79 Å². The van der Waals surface area contributed by atoms with Crippen molar-refractivity contribution in [2.24, 2.45) is 0 Å². The maximum absolute atomic E-state index is 13.4. The van der Waals surface area contributed by atoms with E-state index in [2.05, 4.69) is 10.2 Å². The fraction of sp³-hybridized carbons (Fsp3) is 0.542. The molecule has 2 heterocycles. The zero-order valence-corrected chi connectivity index (χ0v) is 18.6. The number of amides is 1. The van der Waals surface area contributed by atoms with E-state index in [9.17, 15) is 4.79 Å². The second-order valence-corrected chi connectivity index (χ2v) is 8.99. The molecule has 1 aromatic heterocycles. The molecule has 170 valence electrons. The van der Waals surface area contributed by atoms with E-state index >= 15 is 0 Å². The third kappa shape index (κ3) is 4.17. The molecular weight excluding hydrogens is 406 g/mol. The highest BCUT2D eigenvalue weighted by Crippen LogP contribution is 2.50. The first kappa shape index (κ1) is 21.2. The minimum Gasteiger partial charge on any atom is -0.395 e. The molecule has 3 fully saturated rings. The summed E-state index contributed by atoms with van der Waals surface area (Å²) < 4.78 is 5.52. The van der Waals surface area contributed by atoms with Crippen LogP contribution in [0.3, 0.4) is 0 Å². The van der Waals surface area contributed by atoms with Crippen molar-refractivity contribution in [3.63, 3.8) is 0 Å². The molecule has 2 aromatic rings. The number of aliphatic hydroxyl groups is 1. The van der Waals surface area contributed by atoms with E-state index in [4.69, 9.17) is 19.8 Å². The van der Waals surface area contributed by atoms with Crippen LogP contribution < -0.4 is 10.2 Å². The predicted molar refractivity (Wildman–Crippen MR) is 123 cm³/mol. The summed E-state index contributed by atoms with van der Waals surface area (Å²) >= 11 is 0. The molecule has 5 rings (SSSR count). The molecule has 0 radical (unpaired) electrons. The Bertz CT molecular complexity index is 966. The second kappa shape index (κ2) is 8.67. The summed E-state index contributed by atoms with van der Waals surface area (Å²) in [6.07, 6.45) is 3.88. The molecule has 0 unspecified atom stereocenters. The number of hydrogen-bond donors (Lipinski definition) is 2. The lowest BCUT2D eigenvalue weighted by Gasteiger charge is -2.29. The minimum absolute atomic E-state index is 0.0846. The largest absolute Gasteiger partial charge is 0.395 e. The van der Waals surface area contributed by atoms with Gasteiger partial charge in [-0.05, 0) is 49.9 Å². The minimum atomic E-state index is -0.515. The van der Waals surface area contributed by atoms with Gasteiger partial charge in [-0.15, -0.1) is 0 Å². The maximum atomic E-state index is 13.4. The van der Waals surface area contributed by atoms with Crippen molar-refractivity contribution in [3.8, 4) is 11.4 Å². The van der Waals surface area contributed by atoms with E-state index < -0.39 is 5.41 Å². The van der Waals surface area contributed by atoms with Crippen LogP contribution in [0.15, 0.2) is 30.3 Å². The monoisotopic (exact) mass is 437 g/mol. The van der Waals surface area contributed by atoms with Crippen molar-refractivity contribution in [1.29, 1.82) is 0 Å². The van der Waals surface area contributed by atoms with Crippen molar-refractivity contribution in [2.75, 3.05) is 56.7 Å². The number of anilines is 2. The van der Waals surface area contributed by atoms with Crippen LogP contribution >= 0.6 is 0 Å². The van der Waals surface area contributed by atoms with Gasteiger partial charge in [0.05, 0.1) is 30.9 Å². The molecule has 1 aliphatic heterocycles. The quantitative estimate of drug-likeness (QED) is 0.653. The number of hydrogen-bond acceptors (Lipinski definition) is 7. The van der Waals surface area contributed by atoms with E-state index in [1.54, 1.807) is 0 Å². The van der Waals surface area contributed by atoms with Crippen LogP contribution in [0.4, 0.5) is 11.5 Å². The fourth-order valence-corrected chi connectivity index (χ4v) is 4.37. The number of nitrogens with zero attached hydrogens (tertiary/aromatic N) is 4. The Hall–Kier alpha value is -2.71. The van der Waals surface area contributed by atoms with Gasteiger partial charge >= 0.3 is 0 Å². The molecule has 1 aromatic carbocycles. The van der Waals surface area contributed by atoms with Gasteiger partial charge in [0.25, 0.3) is 0 Å². The van der Waals surface area contributed by atoms with E-state index in [0.29, 0.717) is 31.6 Å². The molecule has 3 aliphatic rings. The molecular formula is C24H31N5O3. The molecule has 2 N–H and O–H groups in total. The lowest BCUT2D eigenvalue weighted by molar-refractivity contribution is -0.133. The highest BCUT2D eigenvalue weighted by Gasteiger charge is 2.55. The summed E-state index contributed by atoms with van der Waals surface area (Å²) in [7, 11) is 1.93. The zero-order chi connectivity index (χ0) is 22.1. The summed E-state index contributed by atoms with van der Waals surface area (Å²) in [4.78, 5) is 27.4. The molecule has 2 aliphatic carbocycles. The van der Waals surface area contributed by atoms with Gasteiger partial charge in [-0.2, -0.15) is 0 Å². The van der Waals surface area contributed by atoms with Crippen LogP contribution in [-0.2, 0) is 14.9 Å². The lowest BCUT2D eigenvalue weighted by Crippen LogP contribution is -2.39. The average Bonchev–Trinajstić information content (AvgIpc) is 3.76. The maximum Gasteiger partial charge on any atom is 0.234 e. The first-order chi connectivity index (χ1) is 15.6. The summed E-state index contributed by atoms with van der Waals surface area (Å²) in [6, 6.07) is 10.3. The summed E-state index contributed by atoms with van der Waals surface area (Å²) in [5.74, 6) is 1.70. The van der Waals surface area contributed by atoms with Gasteiger partial charge in [0, 0.05) is 50.0 Å². The number of morpholine rings is 1. The Morgan fingerprint density at radius 2 is 1.94 bits per heavy atom. The average molecular weight is 438 g/mol. The Morgan fingerprint density at radius 1 is 1.22 bits per heavy atom. The Morgan fingerprint density at radius 3 is 2.56 bits per heavy atom. The number of ether oxygens (including phenoxy) is 1. The van der Waals surface area contributed by atoms with Crippen molar-refractivity contribution in [1.82, 2.24) is 14.9 Å². The molecule has 8 heteroatoms. The molecule has 8 nitrogen and oxygen atoms in total. The lowest BCUT2D eigenvalue weighted by atomic mass is 9.99. The van der Waals surface area contributed by atoms with Gasteiger partial charge in [0.2, 0.25) is 5.91 Å². The molecule has 2 saturated carbocycles. The first-order valence-corrected chi connectivity index (χ1v) is 11.6. The third-order valence-corrected chi connectivity index (χ3v) is 6.70. The van der Waals surface area contributed by atoms with Crippen LogP contribution in [0, 0.1) is 0 Å². The van der Waals surface area contributed by atoms with E-state index in [1.165, 1.54) is 0 Å². The third-order valence-electron chi connectivity index (χ3n) is 6.70. The normalized spacial score (nSPS) is 19.5. The van der Waals surface area contributed by atoms with E-state index in [1.807, 2.05) is 42.3 Å². The topological polar surface area (TPSA) is 90.8 Å². The number of nitrogens with one attached hydrogen (secondary N) is 1. The van der Waals surface area contributed by atoms with Crippen molar-refractivity contribution < 1.29 is 14.6 Å². The number of carbonyl (C=O) groups is 1. The van der Waals surface area contributed by atoms with Crippen molar-refractivity contribution >= 4 is 17.4 Å². The van der Waals surface area contributed by atoms with Gasteiger partial charge in [0.1, 0.15) is 5.82 Å². The highest BCUT2D eigenvalue weighted by molar-refractivity contribution is 5.91. The zero-order valence-electron chi connectivity index (χ0n) is 18.6. The number of benzene rings is 1. The van der Waals surface area contributed by atoms with Gasteiger partial charge in [0.15, 0.2) is 5.82 Å². The Balaban J connectivity index is 1.50. The summed E-state index contributed by atoms with van der Waals surface area (Å²) in [5, 5.41) is 12.2. The second-order valence-electron chi connectivity index (χ2n) is 8.99. The number of aliphatic hydroxyl groups excluding tert-OH is 1. The Kier molecular flexibility index (Phi) is 5.73. The molecule has 0 bridgehead atoms. The Labute approximate surface area is 188 Å². The van der Waals surface area contributed by atoms with Gasteiger partial charge < -0.3 is 25.0 Å². The molecule has 32 heavy (non-hydrogen) atoms. The van der Waals surface area contributed by atoms with E-state index in [-0.39, 0.29) is 12.5 Å². The molecule has 0 spiro atoms. The number of aromatic nitrogens is 2. The predicted octanol–water partition coefficient (Wildman–Crippen LogP) is 2.04. The van der Waals surface area contributed by atoms with Crippen LogP contribution in [-0.4, -0.2) is 78.4 Å². The number of likely N-dealkylation sites (N-methyl/N-ethyl adjacent to an activating group) is 1. The number of rotatable bonds is 8. The van der Waals surface area contributed by atoms with Gasteiger partial charge in [-0.25, -0.2) is 9.97 Å². The first-order valence-electron chi connectivity index (χ1n) is 11.6. The van der Waals surface area contributed by atoms with Crippen LogP contribution in [0.5, 0.6) is 0 Å². The molecule has 1 amide bonds. The highest BCUT2D eigenvalue weighted by atomic mass is 16.5. The van der Waals surface area contributed by atoms with Crippen LogP contribution in [0.25, 0.3) is 11.4 Å². The van der Waals surface area contributed by atoms with Gasteiger partial charge in [-0.1, -0.05) is 0 Å². The standard InChI is InChI=1S/C24H31N5O3/c1-28(19-6-7-19)23(31)24(8-9-24)20-16-21(29-11-14-32-15-12-29)27-22(26-20)17-2-4-18(5-3-17)25-10-13-30/h2-5,16,19,25,30H,6-15H2,1H3. The van der Waals surface area contributed by atoms with Crippen molar-refractivity contribution in [3.05, 3.63) is 36.0 Å². The molecule has 0 atom stereocenters. The number of carbonyl (C=O) groups excluding carboxylic acids is 1. The van der Waals surface area contributed by atoms with E-state index in [0.717, 1.165) is 61.5 Å². The summed E-state index contributed by atoms with van der Waals surface area (Å²) in [6.45, 7) is 3.50. The smallest absolute Gasteiger partial charge is 0.234 e. The fourth-order valence-electron chi connectivity index (χ4n) is 4.37. The SMILES string of the molecule is CN(C(=O)C1(c2cc(N3CCOCC3)nc(-c3ccc(NCCO)cc3)n2)CC1)C1CC1. The molecule has 1 saturated heterocycles. The van der Waals surface area contributed by atoms with Crippen LogP contribution in [0.2, 0.25) is 0 Å².